The van der Waals surface area contributed by atoms with Crippen LogP contribution < -0.4 is 29.8 Å². The second-order valence-corrected chi connectivity index (χ2v) is 8.94. The van der Waals surface area contributed by atoms with Crippen molar-refractivity contribution >= 4 is 34.3 Å². The SMILES string of the molecule is COc1ccc(OC)c(-n2c(SCC(=O)Nc3ccc(C)cc3)nc3cc(OC)c(OC)cc3c2=O)c1. The first-order valence-corrected chi connectivity index (χ1v) is 12.3. The largest absolute Gasteiger partial charge is 0.497 e. The molecule has 1 amide bonds. The van der Waals surface area contributed by atoms with Gasteiger partial charge < -0.3 is 24.3 Å². The van der Waals surface area contributed by atoms with E-state index in [1.165, 1.54) is 33.0 Å². The van der Waals surface area contributed by atoms with E-state index in [2.05, 4.69) is 5.32 Å². The van der Waals surface area contributed by atoms with Gasteiger partial charge in [0.1, 0.15) is 11.5 Å². The number of aromatic nitrogens is 2. The summed E-state index contributed by atoms with van der Waals surface area (Å²) < 4.78 is 23.1. The molecule has 1 heterocycles. The van der Waals surface area contributed by atoms with Crippen LogP contribution in [0.25, 0.3) is 16.6 Å². The van der Waals surface area contributed by atoms with Crippen molar-refractivity contribution in [1.29, 1.82) is 0 Å². The topological polar surface area (TPSA) is 101 Å². The summed E-state index contributed by atoms with van der Waals surface area (Å²) in [6.07, 6.45) is 0. The molecule has 0 radical (unpaired) electrons. The highest BCUT2D eigenvalue weighted by Crippen LogP contribution is 2.34. The number of aryl methyl sites for hydroxylation is 1. The Kier molecular flexibility index (Phi) is 7.88. The fourth-order valence-corrected chi connectivity index (χ4v) is 4.54. The zero-order chi connectivity index (χ0) is 26.5. The van der Waals surface area contributed by atoms with Crippen molar-refractivity contribution in [2.24, 2.45) is 0 Å². The molecule has 0 saturated heterocycles. The van der Waals surface area contributed by atoms with E-state index >= 15 is 0 Å². The monoisotopic (exact) mass is 521 g/mol. The molecule has 0 bridgehead atoms. The molecule has 9 nitrogen and oxygen atoms in total. The van der Waals surface area contributed by atoms with Crippen LogP contribution in [0.5, 0.6) is 23.0 Å². The lowest BCUT2D eigenvalue weighted by atomic mass is 10.2. The number of carbonyl (C=O) groups is 1. The average Bonchev–Trinajstić information content (AvgIpc) is 2.92. The minimum atomic E-state index is -0.362. The third-order valence-corrected chi connectivity index (χ3v) is 6.58. The summed E-state index contributed by atoms with van der Waals surface area (Å²) in [6, 6.07) is 15.9. The molecular formula is C27H27N3O6S. The Morgan fingerprint density at radius 2 is 1.57 bits per heavy atom. The second-order valence-electron chi connectivity index (χ2n) is 8.00. The predicted molar refractivity (Wildman–Crippen MR) is 144 cm³/mol. The van der Waals surface area contributed by atoms with Gasteiger partial charge in [0.15, 0.2) is 16.7 Å². The molecule has 0 saturated carbocycles. The number of ether oxygens (including phenoxy) is 4. The van der Waals surface area contributed by atoms with Crippen LogP contribution in [0.3, 0.4) is 0 Å². The molecule has 3 aromatic carbocycles. The maximum atomic E-state index is 13.9. The van der Waals surface area contributed by atoms with Crippen LogP contribution in [0.4, 0.5) is 5.69 Å². The van der Waals surface area contributed by atoms with Gasteiger partial charge in [-0.25, -0.2) is 4.98 Å². The van der Waals surface area contributed by atoms with Crippen LogP contribution in [0.2, 0.25) is 0 Å². The number of benzene rings is 3. The minimum Gasteiger partial charge on any atom is -0.497 e. The van der Waals surface area contributed by atoms with Crippen molar-refractivity contribution < 1.29 is 23.7 Å². The molecule has 0 aliphatic rings. The van der Waals surface area contributed by atoms with E-state index in [1.54, 1.807) is 30.3 Å². The lowest BCUT2D eigenvalue weighted by molar-refractivity contribution is -0.113. The van der Waals surface area contributed by atoms with E-state index in [4.69, 9.17) is 23.9 Å². The van der Waals surface area contributed by atoms with Crippen molar-refractivity contribution in [3.63, 3.8) is 0 Å². The molecule has 0 aliphatic carbocycles. The van der Waals surface area contributed by atoms with Gasteiger partial charge in [-0.1, -0.05) is 29.5 Å². The van der Waals surface area contributed by atoms with E-state index in [0.29, 0.717) is 50.4 Å². The molecule has 192 valence electrons. The number of nitrogens with one attached hydrogen (secondary N) is 1. The van der Waals surface area contributed by atoms with Crippen LogP contribution in [-0.4, -0.2) is 49.7 Å². The summed E-state index contributed by atoms with van der Waals surface area (Å²) in [5, 5.41) is 3.49. The maximum Gasteiger partial charge on any atom is 0.266 e. The molecule has 4 aromatic rings. The highest BCUT2D eigenvalue weighted by Gasteiger charge is 2.20. The van der Waals surface area contributed by atoms with Crippen LogP contribution in [0.15, 0.2) is 64.5 Å². The van der Waals surface area contributed by atoms with Crippen molar-refractivity contribution in [2.75, 3.05) is 39.5 Å². The number of carbonyl (C=O) groups excluding carboxylic acids is 1. The quantitative estimate of drug-likeness (QED) is 0.255. The van der Waals surface area contributed by atoms with Gasteiger partial charge in [-0.2, -0.15) is 0 Å². The van der Waals surface area contributed by atoms with Crippen LogP contribution in [-0.2, 0) is 4.79 Å². The highest BCUT2D eigenvalue weighted by atomic mass is 32.2. The van der Waals surface area contributed by atoms with Crippen LogP contribution in [0.1, 0.15) is 5.56 Å². The van der Waals surface area contributed by atoms with Crippen molar-refractivity contribution in [3.05, 3.63) is 70.5 Å². The Morgan fingerprint density at radius 3 is 2.22 bits per heavy atom. The van der Waals surface area contributed by atoms with E-state index in [1.807, 2.05) is 31.2 Å². The zero-order valence-electron chi connectivity index (χ0n) is 21.2. The summed E-state index contributed by atoms with van der Waals surface area (Å²) in [4.78, 5) is 31.3. The van der Waals surface area contributed by atoms with Crippen molar-refractivity contribution in [1.82, 2.24) is 9.55 Å². The third-order valence-electron chi connectivity index (χ3n) is 5.64. The van der Waals surface area contributed by atoms with E-state index in [9.17, 15) is 9.59 Å². The van der Waals surface area contributed by atoms with Gasteiger partial charge in [0.2, 0.25) is 5.91 Å². The first-order chi connectivity index (χ1) is 17.9. The lowest BCUT2D eigenvalue weighted by Crippen LogP contribution is -2.23. The summed E-state index contributed by atoms with van der Waals surface area (Å²) in [5.74, 6) is 1.59. The zero-order valence-corrected chi connectivity index (χ0v) is 22.0. The Labute approximate surface area is 218 Å². The molecule has 1 aromatic heterocycles. The van der Waals surface area contributed by atoms with Crippen molar-refractivity contribution in [2.45, 2.75) is 12.1 Å². The minimum absolute atomic E-state index is 0.0192. The molecule has 0 unspecified atom stereocenters. The summed E-state index contributed by atoms with van der Waals surface area (Å²) in [5.41, 5.74) is 2.25. The first-order valence-electron chi connectivity index (χ1n) is 11.3. The fourth-order valence-electron chi connectivity index (χ4n) is 3.74. The van der Waals surface area contributed by atoms with E-state index < -0.39 is 0 Å². The summed E-state index contributed by atoms with van der Waals surface area (Å²) in [7, 11) is 6.06. The number of methoxy groups -OCH3 is 4. The van der Waals surface area contributed by atoms with Gasteiger partial charge in [0, 0.05) is 17.8 Å². The van der Waals surface area contributed by atoms with Gasteiger partial charge in [0.05, 0.1) is 50.8 Å². The molecule has 10 heteroatoms. The van der Waals surface area contributed by atoms with E-state index in [0.717, 1.165) is 17.3 Å². The molecule has 0 aliphatic heterocycles. The van der Waals surface area contributed by atoms with E-state index in [-0.39, 0.29) is 17.2 Å². The number of anilines is 1. The van der Waals surface area contributed by atoms with Gasteiger partial charge in [0.25, 0.3) is 5.56 Å². The number of fused-ring (bicyclic) bond motifs is 1. The first kappa shape index (κ1) is 25.9. The Morgan fingerprint density at radius 1 is 0.892 bits per heavy atom. The van der Waals surface area contributed by atoms with Crippen LogP contribution >= 0.6 is 11.8 Å². The standard InChI is InChI=1S/C27H27N3O6S/c1-16-6-8-17(9-7-16)28-25(31)15-37-27-29-20-14-24(36-5)23(35-4)13-19(20)26(32)30(27)21-12-18(33-2)10-11-22(21)34-3/h6-14H,15H2,1-5H3,(H,28,31). The highest BCUT2D eigenvalue weighted by molar-refractivity contribution is 7.99. The molecule has 0 atom stereocenters. The lowest BCUT2D eigenvalue weighted by Gasteiger charge is -2.17. The second kappa shape index (κ2) is 11.3. The third kappa shape index (κ3) is 5.49. The normalized spacial score (nSPS) is 10.7. The molecule has 1 N–H and O–H groups in total. The number of rotatable bonds is 9. The Bertz CT molecular complexity index is 1500. The molecule has 4 rings (SSSR count). The number of hydrogen-bond acceptors (Lipinski definition) is 8. The van der Waals surface area contributed by atoms with Crippen molar-refractivity contribution in [3.8, 4) is 28.7 Å². The molecule has 37 heavy (non-hydrogen) atoms. The smallest absolute Gasteiger partial charge is 0.266 e. The fraction of sp³-hybridized carbons (Fsp3) is 0.222. The number of hydrogen-bond donors (Lipinski definition) is 1. The van der Waals surface area contributed by atoms with Gasteiger partial charge in [-0.05, 0) is 37.3 Å². The van der Waals surface area contributed by atoms with Gasteiger partial charge in [-0.15, -0.1) is 0 Å². The summed E-state index contributed by atoms with van der Waals surface area (Å²) >= 11 is 1.13. The van der Waals surface area contributed by atoms with Gasteiger partial charge >= 0.3 is 0 Å². The maximum absolute atomic E-state index is 13.9. The Hall–Kier alpha value is -4.18. The predicted octanol–water partition coefficient (Wildman–Crippen LogP) is 4.46. The number of amides is 1. The number of thioether (sulfide) groups is 1. The summed E-state index contributed by atoms with van der Waals surface area (Å²) in [6.45, 7) is 1.98. The molecule has 0 spiro atoms. The van der Waals surface area contributed by atoms with Crippen LogP contribution in [0, 0.1) is 6.92 Å². The molecule has 0 fully saturated rings. The average molecular weight is 522 g/mol. The Balaban J connectivity index is 1.82. The molecular weight excluding hydrogens is 494 g/mol. The van der Waals surface area contributed by atoms with Gasteiger partial charge in [-0.3, -0.25) is 14.2 Å². The number of nitrogens with zero attached hydrogens (tertiary/aromatic N) is 2.